The third-order valence-electron chi connectivity index (χ3n) is 5.30. The maximum absolute atomic E-state index is 12.4. The zero-order chi connectivity index (χ0) is 18.1. The Balaban J connectivity index is 1.30. The molecule has 0 saturated heterocycles. The Kier molecular flexibility index (Phi) is 3.22. The fourth-order valence-electron chi connectivity index (χ4n) is 4.17. The lowest BCUT2D eigenvalue weighted by atomic mass is 9.39. The summed E-state index contributed by atoms with van der Waals surface area (Å²) in [5.74, 6) is 0.623. The molecule has 2 bridgehead atoms. The second kappa shape index (κ2) is 5.20. The van der Waals surface area contributed by atoms with Crippen molar-refractivity contribution in [3.8, 4) is 0 Å². The maximum Gasteiger partial charge on any atom is 0.287 e. The molecular formula is C18H15ClN2O4S. The molecule has 8 heteroatoms. The van der Waals surface area contributed by atoms with Crippen LogP contribution >= 0.6 is 11.6 Å². The molecule has 0 spiro atoms. The van der Waals surface area contributed by atoms with E-state index in [0.717, 1.165) is 30.4 Å². The van der Waals surface area contributed by atoms with Crippen LogP contribution in [0.25, 0.3) is 11.1 Å². The van der Waals surface area contributed by atoms with Gasteiger partial charge < -0.3 is 14.2 Å². The molecule has 0 aliphatic heterocycles. The van der Waals surface area contributed by atoms with E-state index in [2.05, 4.69) is 10.3 Å². The number of amides is 1. The number of carbonyl (C=O) groups excluding carboxylic acids is 1. The second-order valence-electron chi connectivity index (χ2n) is 7.25. The standard InChI is InChI=1S/C18H15ClN2O4S/c1-26(23)14-5-4-13(24-14)15(22)21-18-7-17(8-18,9-18)16-20-11-6-10(19)2-3-12(11)25-16/h2-6H,7-9H2,1H3,(H,21,22). The van der Waals surface area contributed by atoms with Crippen molar-refractivity contribution in [2.45, 2.75) is 35.3 Å². The van der Waals surface area contributed by atoms with Crippen LogP contribution < -0.4 is 5.32 Å². The van der Waals surface area contributed by atoms with Crippen molar-refractivity contribution >= 4 is 39.4 Å². The van der Waals surface area contributed by atoms with Crippen molar-refractivity contribution in [1.29, 1.82) is 0 Å². The fraction of sp³-hybridized carbons (Fsp3) is 0.333. The van der Waals surface area contributed by atoms with Gasteiger partial charge in [0.15, 0.2) is 16.4 Å². The number of rotatable bonds is 4. The van der Waals surface area contributed by atoms with Crippen LogP contribution in [0.2, 0.25) is 5.02 Å². The highest BCUT2D eigenvalue weighted by Crippen LogP contribution is 2.67. The summed E-state index contributed by atoms with van der Waals surface area (Å²) in [6.45, 7) is 0. The highest BCUT2D eigenvalue weighted by Gasteiger charge is 2.71. The number of fused-ring (bicyclic) bond motifs is 1. The van der Waals surface area contributed by atoms with Gasteiger partial charge in [-0.2, -0.15) is 0 Å². The molecule has 1 unspecified atom stereocenters. The van der Waals surface area contributed by atoms with E-state index in [9.17, 15) is 9.00 Å². The van der Waals surface area contributed by atoms with Gasteiger partial charge in [-0.25, -0.2) is 4.98 Å². The van der Waals surface area contributed by atoms with Gasteiger partial charge in [0.25, 0.3) is 5.91 Å². The molecule has 3 aliphatic carbocycles. The molecule has 1 atom stereocenters. The van der Waals surface area contributed by atoms with E-state index in [4.69, 9.17) is 20.4 Å². The minimum atomic E-state index is -1.24. The van der Waals surface area contributed by atoms with Gasteiger partial charge in [-0.15, -0.1) is 0 Å². The monoisotopic (exact) mass is 390 g/mol. The summed E-state index contributed by atoms with van der Waals surface area (Å²) in [6.07, 6.45) is 3.89. The second-order valence-corrected chi connectivity index (χ2v) is 9.00. The molecule has 134 valence electrons. The Morgan fingerprint density at radius 2 is 2.00 bits per heavy atom. The quantitative estimate of drug-likeness (QED) is 0.737. The van der Waals surface area contributed by atoms with Crippen molar-refractivity contribution in [2.24, 2.45) is 0 Å². The van der Waals surface area contributed by atoms with Crippen molar-refractivity contribution < 1.29 is 17.8 Å². The van der Waals surface area contributed by atoms with Crippen LogP contribution in [-0.4, -0.2) is 26.9 Å². The van der Waals surface area contributed by atoms with E-state index < -0.39 is 10.8 Å². The Hall–Kier alpha value is -2.12. The number of furan rings is 1. The molecule has 2 aromatic heterocycles. The van der Waals surface area contributed by atoms with Crippen molar-refractivity contribution in [1.82, 2.24) is 10.3 Å². The highest BCUT2D eigenvalue weighted by molar-refractivity contribution is 7.84. The summed E-state index contributed by atoms with van der Waals surface area (Å²) < 4.78 is 22.6. The average molecular weight is 391 g/mol. The Bertz CT molecular complexity index is 1070. The minimum Gasteiger partial charge on any atom is -0.442 e. The normalized spacial score (nSPS) is 27.6. The lowest BCUT2D eigenvalue weighted by Gasteiger charge is -2.68. The first-order valence-electron chi connectivity index (χ1n) is 8.21. The van der Waals surface area contributed by atoms with Gasteiger partial charge in [0, 0.05) is 16.8 Å². The summed E-state index contributed by atoms with van der Waals surface area (Å²) >= 11 is 6.00. The number of aromatic nitrogens is 1. The number of hydrogen-bond donors (Lipinski definition) is 1. The Labute approximate surface area is 156 Å². The Morgan fingerprint density at radius 1 is 1.23 bits per heavy atom. The number of nitrogens with one attached hydrogen (secondary N) is 1. The SMILES string of the molecule is CS(=O)c1ccc(C(=O)NC23CC(c4nc5cc(Cl)ccc5o4)(C2)C3)o1. The van der Waals surface area contributed by atoms with E-state index in [-0.39, 0.29) is 22.6 Å². The molecule has 26 heavy (non-hydrogen) atoms. The van der Waals surface area contributed by atoms with E-state index in [0.29, 0.717) is 16.0 Å². The highest BCUT2D eigenvalue weighted by atomic mass is 35.5. The lowest BCUT2D eigenvalue weighted by molar-refractivity contribution is -0.0958. The Morgan fingerprint density at radius 3 is 2.69 bits per heavy atom. The minimum absolute atomic E-state index is 0.0992. The van der Waals surface area contributed by atoms with Crippen molar-refractivity contribution in [3.05, 3.63) is 47.0 Å². The lowest BCUT2D eigenvalue weighted by Crippen LogP contribution is -2.76. The first-order chi connectivity index (χ1) is 12.4. The zero-order valence-electron chi connectivity index (χ0n) is 13.9. The molecule has 3 aliphatic rings. The molecule has 3 saturated carbocycles. The predicted octanol–water partition coefficient (Wildman–Crippen LogP) is 3.42. The van der Waals surface area contributed by atoms with Gasteiger partial charge >= 0.3 is 0 Å². The third kappa shape index (κ3) is 2.27. The van der Waals surface area contributed by atoms with Gasteiger partial charge in [0.2, 0.25) is 5.89 Å². The van der Waals surface area contributed by atoms with Gasteiger partial charge in [-0.1, -0.05) is 11.6 Å². The largest absolute Gasteiger partial charge is 0.442 e. The molecule has 1 amide bonds. The van der Waals surface area contributed by atoms with Gasteiger partial charge in [0.1, 0.15) is 5.52 Å². The van der Waals surface area contributed by atoms with Gasteiger partial charge in [0.05, 0.1) is 16.2 Å². The molecule has 3 aromatic rings. The molecule has 6 nitrogen and oxygen atoms in total. The molecule has 1 aromatic carbocycles. The molecular weight excluding hydrogens is 376 g/mol. The summed E-state index contributed by atoms with van der Waals surface area (Å²) in [4.78, 5) is 17.0. The van der Waals surface area contributed by atoms with E-state index in [1.165, 1.54) is 6.26 Å². The first-order valence-corrected chi connectivity index (χ1v) is 10.1. The zero-order valence-corrected chi connectivity index (χ0v) is 15.4. The molecule has 1 N–H and O–H groups in total. The maximum atomic E-state index is 12.4. The molecule has 3 fully saturated rings. The van der Waals surface area contributed by atoms with Crippen LogP contribution in [0.5, 0.6) is 0 Å². The summed E-state index contributed by atoms with van der Waals surface area (Å²) in [5, 5.41) is 3.97. The summed E-state index contributed by atoms with van der Waals surface area (Å²) in [6, 6.07) is 8.52. The first kappa shape index (κ1) is 16.1. The fourth-order valence-corrected chi connectivity index (χ4v) is 4.81. The molecule has 2 heterocycles. The number of oxazole rings is 1. The number of nitrogens with zero attached hydrogens (tertiary/aromatic N) is 1. The number of benzene rings is 1. The van der Waals surface area contributed by atoms with E-state index >= 15 is 0 Å². The summed E-state index contributed by atoms with van der Waals surface area (Å²) in [5.41, 5.74) is 1.15. The van der Waals surface area contributed by atoms with Crippen LogP contribution in [0.1, 0.15) is 35.7 Å². The summed E-state index contributed by atoms with van der Waals surface area (Å²) in [7, 11) is -1.24. The van der Waals surface area contributed by atoms with Crippen LogP contribution in [0, 0.1) is 0 Å². The van der Waals surface area contributed by atoms with Crippen molar-refractivity contribution in [2.75, 3.05) is 6.26 Å². The predicted molar refractivity (Wildman–Crippen MR) is 95.8 cm³/mol. The van der Waals surface area contributed by atoms with Crippen molar-refractivity contribution in [3.63, 3.8) is 0 Å². The number of halogens is 1. The van der Waals surface area contributed by atoms with E-state index in [1.807, 2.05) is 6.07 Å². The third-order valence-corrected chi connectivity index (χ3v) is 6.32. The number of carbonyl (C=O) groups is 1. The smallest absolute Gasteiger partial charge is 0.287 e. The van der Waals surface area contributed by atoms with E-state index in [1.54, 1.807) is 24.3 Å². The molecule has 6 rings (SSSR count). The van der Waals surface area contributed by atoms with Crippen LogP contribution in [-0.2, 0) is 16.2 Å². The topological polar surface area (TPSA) is 85.3 Å². The van der Waals surface area contributed by atoms with Gasteiger partial charge in [-0.05, 0) is 49.6 Å². The number of hydrogen-bond acceptors (Lipinski definition) is 5. The average Bonchev–Trinajstić information content (AvgIpc) is 3.15. The van der Waals surface area contributed by atoms with Crippen LogP contribution in [0.15, 0.2) is 44.3 Å². The molecule has 0 radical (unpaired) electrons. The van der Waals surface area contributed by atoms with Crippen LogP contribution in [0.3, 0.4) is 0 Å². The van der Waals surface area contributed by atoms with Gasteiger partial charge in [-0.3, -0.25) is 9.00 Å². The van der Waals surface area contributed by atoms with Crippen LogP contribution in [0.4, 0.5) is 0 Å².